The van der Waals surface area contributed by atoms with Crippen molar-refractivity contribution in [1.29, 1.82) is 0 Å². The standard InChI is InChI=1S/C18H23ClF3N3.C5H9NO2.C2H6/c1-4-7-15(25-11-19)13(5-2)18(23-3)24-10-12-8-6-9-14(16(12)20)17(21)22;7-5-6-1-3-8-4-2-6;1-2/h6,8-9,17,25H,3-5,7,10-11H2,1-2H3;5H,1-4H2;1-2H3/b15-13-,24-18?;;. The molecule has 10 heteroatoms. The summed E-state index contributed by atoms with van der Waals surface area (Å²) in [4.78, 5) is 20.0. The normalized spacial score (nSPS) is 14.2. The van der Waals surface area contributed by atoms with E-state index >= 15 is 0 Å². The number of aliphatic imine (C=N–C) groups is 2. The Labute approximate surface area is 212 Å². The second kappa shape index (κ2) is 19.9. The molecule has 2 rings (SSSR count). The molecule has 0 bridgehead atoms. The highest BCUT2D eigenvalue weighted by Gasteiger charge is 2.16. The summed E-state index contributed by atoms with van der Waals surface area (Å²) < 4.78 is 44.7. The molecule has 1 amide bonds. The molecule has 0 radical (unpaired) electrons. The summed E-state index contributed by atoms with van der Waals surface area (Å²) >= 11 is 5.77. The number of amides is 1. The summed E-state index contributed by atoms with van der Waals surface area (Å²) in [5.74, 6) is -0.565. The summed E-state index contributed by atoms with van der Waals surface area (Å²) in [6, 6.07) is 4.14. The molecule has 1 N–H and O–H groups in total. The Morgan fingerprint density at radius 1 is 1.29 bits per heavy atom. The molecular formula is C25H38ClF3N4O2. The minimum Gasteiger partial charge on any atom is -0.378 e. The smallest absolute Gasteiger partial charge is 0.266 e. The monoisotopic (exact) mass is 518 g/mol. The first-order valence-electron chi connectivity index (χ1n) is 11.8. The average molecular weight is 519 g/mol. The van der Waals surface area contributed by atoms with Gasteiger partial charge in [0.2, 0.25) is 6.41 Å². The lowest BCUT2D eigenvalue weighted by Crippen LogP contribution is -2.34. The van der Waals surface area contributed by atoms with Gasteiger partial charge in [0.05, 0.1) is 31.3 Å². The first kappa shape index (κ1) is 32.6. The fourth-order valence-electron chi connectivity index (χ4n) is 3.16. The number of nitrogens with zero attached hydrogens (tertiary/aromatic N) is 3. The molecule has 6 nitrogen and oxygen atoms in total. The number of amidine groups is 1. The van der Waals surface area contributed by atoms with Gasteiger partial charge in [-0.15, -0.1) is 11.6 Å². The van der Waals surface area contributed by atoms with Gasteiger partial charge in [-0.05, 0) is 19.6 Å². The largest absolute Gasteiger partial charge is 0.378 e. The van der Waals surface area contributed by atoms with Crippen LogP contribution in [-0.4, -0.2) is 56.2 Å². The van der Waals surface area contributed by atoms with Crippen molar-refractivity contribution in [1.82, 2.24) is 10.2 Å². The van der Waals surface area contributed by atoms with Gasteiger partial charge >= 0.3 is 0 Å². The summed E-state index contributed by atoms with van der Waals surface area (Å²) in [5.41, 5.74) is 1.22. The number of rotatable bonds is 10. The highest BCUT2D eigenvalue weighted by Crippen LogP contribution is 2.25. The number of carbonyl (C=O) groups excluding carboxylic acids is 1. The molecule has 1 saturated heterocycles. The molecule has 35 heavy (non-hydrogen) atoms. The zero-order chi connectivity index (χ0) is 26.6. The number of ether oxygens (including phenoxy) is 1. The zero-order valence-corrected chi connectivity index (χ0v) is 21.9. The minimum absolute atomic E-state index is 0.0927. The van der Waals surface area contributed by atoms with Crippen molar-refractivity contribution < 1.29 is 22.7 Å². The number of benzene rings is 1. The molecule has 0 spiro atoms. The van der Waals surface area contributed by atoms with E-state index in [0.29, 0.717) is 25.5 Å². The molecule has 0 saturated carbocycles. The zero-order valence-electron chi connectivity index (χ0n) is 21.1. The number of halogens is 4. The maximum atomic E-state index is 14.1. The highest BCUT2D eigenvalue weighted by molar-refractivity contribution is 6.17. The number of carbonyl (C=O) groups is 1. The van der Waals surface area contributed by atoms with Crippen LogP contribution in [0.15, 0.2) is 39.5 Å². The Morgan fingerprint density at radius 3 is 2.40 bits per heavy atom. The van der Waals surface area contributed by atoms with Gasteiger partial charge in [-0.2, -0.15) is 0 Å². The van der Waals surface area contributed by atoms with Crippen LogP contribution in [0, 0.1) is 5.82 Å². The third-order valence-electron chi connectivity index (χ3n) is 4.86. The second-order valence-electron chi connectivity index (χ2n) is 7.04. The SMILES string of the molecule is C=NC(=NCc1cccc(C(F)F)c1F)/C(CC)=C(/CCC)NCCl.CC.O=CN1CCOCC1. The van der Waals surface area contributed by atoms with E-state index in [4.69, 9.17) is 16.3 Å². The van der Waals surface area contributed by atoms with E-state index in [-0.39, 0.29) is 18.1 Å². The van der Waals surface area contributed by atoms with Crippen molar-refractivity contribution in [3.8, 4) is 0 Å². The quantitative estimate of drug-likeness (QED) is 0.133. The van der Waals surface area contributed by atoms with E-state index in [1.807, 2.05) is 27.7 Å². The molecule has 1 heterocycles. The second-order valence-corrected chi connectivity index (χ2v) is 7.31. The first-order valence-corrected chi connectivity index (χ1v) is 12.3. The van der Waals surface area contributed by atoms with E-state index in [2.05, 4.69) is 22.0 Å². The number of morpholine rings is 1. The Balaban J connectivity index is 0.000000961. The van der Waals surface area contributed by atoms with Crippen LogP contribution in [0.2, 0.25) is 0 Å². The third-order valence-corrected chi connectivity index (χ3v) is 4.99. The Hall–Kier alpha value is -2.39. The fourth-order valence-corrected chi connectivity index (χ4v) is 3.32. The van der Waals surface area contributed by atoms with Crippen LogP contribution in [0.25, 0.3) is 0 Å². The molecule has 0 aliphatic carbocycles. The Bertz CT molecular complexity index is 806. The summed E-state index contributed by atoms with van der Waals surface area (Å²) in [6.45, 7) is 14.3. The summed E-state index contributed by atoms with van der Waals surface area (Å²) in [7, 11) is 0. The van der Waals surface area contributed by atoms with Gasteiger partial charge in [-0.25, -0.2) is 18.2 Å². The maximum absolute atomic E-state index is 14.1. The van der Waals surface area contributed by atoms with E-state index in [0.717, 1.165) is 49.7 Å². The van der Waals surface area contributed by atoms with Crippen LogP contribution in [0.5, 0.6) is 0 Å². The van der Waals surface area contributed by atoms with Crippen LogP contribution in [0.3, 0.4) is 0 Å². The molecule has 1 aliphatic rings. The molecule has 1 fully saturated rings. The predicted molar refractivity (Wildman–Crippen MR) is 138 cm³/mol. The topological polar surface area (TPSA) is 66.3 Å². The Kier molecular flexibility index (Phi) is 18.5. The molecular weight excluding hydrogens is 481 g/mol. The summed E-state index contributed by atoms with van der Waals surface area (Å²) in [5, 5.41) is 3.09. The van der Waals surface area contributed by atoms with Crippen LogP contribution in [0.1, 0.15) is 64.5 Å². The average Bonchev–Trinajstić information content (AvgIpc) is 2.89. The number of allylic oxidation sites excluding steroid dienone is 1. The van der Waals surface area contributed by atoms with E-state index in [1.54, 1.807) is 4.90 Å². The molecule has 1 aliphatic heterocycles. The predicted octanol–water partition coefficient (Wildman–Crippen LogP) is 6.11. The summed E-state index contributed by atoms with van der Waals surface area (Å²) in [6.07, 6.45) is 0.299. The van der Waals surface area contributed by atoms with Crippen molar-refractivity contribution in [3.63, 3.8) is 0 Å². The molecule has 1 aromatic carbocycles. The van der Waals surface area contributed by atoms with Crippen molar-refractivity contribution in [2.75, 3.05) is 32.3 Å². The van der Waals surface area contributed by atoms with Gasteiger partial charge in [-0.1, -0.05) is 52.3 Å². The lowest BCUT2D eigenvalue weighted by Gasteiger charge is -2.21. The van der Waals surface area contributed by atoms with Gasteiger partial charge in [0.25, 0.3) is 6.43 Å². The van der Waals surface area contributed by atoms with Crippen molar-refractivity contribution in [2.45, 2.75) is 59.9 Å². The van der Waals surface area contributed by atoms with Gasteiger partial charge in [0, 0.05) is 29.9 Å². The van der Waals surface area contributed by atoms with Crippen LogP contribution in [-0.2, 0) is 16.1 Å². The fraction of sp³-hybridized carbons (Fsp3) is 0.560. The van der Waals surface area contributed by atoms with E-state index in [9.17, 15) is 18.0 Å². The van der Waals surface area contributed by atoms with Crippen molar-refractivity contribution in [3.05, 3.63) is 46.4 Å². The van der Waals surface area contributed by atoms with Crippen molar-refractivity contribution >= 4 is 30.6 Å². The van der Waals surface area contributed by atoms with Crippen molar-refractivity contribution in [2.24, 2.45) is 9.98 Å². The van der Waals surface area contributed by atoms with E-state index in [1.165, 1.54) is 12.1 Å². The number of nitrogens with one attached hydrogen (secondary N) is 1. The number of hydrogen-bond donors (Lipinski definition) is 1. The van der Waals surface area contributed by atoms with Crippen LogP contribution < -0.4 is 5.32 Å². The lowest BCUT2D eigenvalue weighted by molar-refractivity contribution is -0.121. The van der Waals surface area contributed by atoms with Gasteiger partial charge < -0.3 is 15.0 Å². The third kappa shape index (κ3) is 11.7. The Morgan fingerprint density at radius 2 is 1.94 bits per heavy atom. The molecule has 0 aromatic heterocycles. The first-order chi connectivity index (χ1) is 16.9. The molecule has 1 aromatic rings. The van der Waals surface area contributed by atoms with Gasteiger partial charge in [-0.3, -0.25) is 9.79 Å². The number of alkyl halides is 3. The highest BCUT2D eigenvalue weighted by atomic mass is 35.5. The lowest BCUT2D eigenvalue weighted by atomic mass is 10.1. The molecule has 0 atom stereocenters. The number of hydrogen-bond acceptors (Lipinski definition) is 4. The molecule has 0 unspecified atom stereocenters. The minimum atomic E-state index is -2.86. The van der Waals surface area contributed by atoms with Crippen LogP contribution >= 0.6 is 11.6 Å². The maximum Gasteiger partial charge on any atom is 0.266 e. The van der Waals surface area contributed by atoms with Gasteiger partial charge in [0.15, 0.2) is 5.84 Å². The molecule has 198 valence electrons. The van der Waals surface area contributed by atoms with Crippen LogP contribution in [0.4, 0.5) is 13.2 Å². The van der Waals surface area contributed by atoms with Gasteiger partial charge in [0.1, 0.15) is 5.82 Å². The van der Waals surface area contributed by atoms with E-state index < -0.39 is 17.8 Å².